The predicted octanol–water partition coefficient (Wildman–Crippen LogP) is 7.20. The van der Waals surface area contributed by atoms with Crippen molar-refractivity contribution in [2.75, 3.05) is 0 Å². The van der Waals surface area contributed by atoms with Crippen molar-refractivity contribution in [1.29, 1.82) is 0 Å². The molecule has 2 atom stereocenters. The molecule has 0 fully saturated rings. The molecule has 0 radical (unpaired) electrons. The fourth-order valence-electron chi connectivity index (χ4n) is 4.27. The van der Waals surface area contributed by atoms with E-state index in [0.29, 0.717) is 11.3 Å². The third-order valence-electron chi connectivity index (χ3n) is 6.08. The summed E-state index contributed by atoms with van der Waals surface area (Å²) in [6.07, 6.45) is -4.50. The fraction of sp³-hybridized carbons (Fsp3) is 0.172. The summed E-state index contributed by atoms with van der Waals surface area (Å²) in [5.74, 6) is -0.440. The van der Waals surface area contributed by atoms with Gasteiger partial charge < -0.3 is 9.84 Å². The van der Waals surface area contributed by atoms with Crippen molar-refractivity contribution < 1.29 is 31.8 Å². The smallest absolute Gasteiger partial charge is 0.406 e. The standard InChI is InChI=1S/C29H24F5IN2O2/c1-35-28(30,31)23-11-7-10-22(18-23)27(25-12-5-6-17-36-25,19-20-8-3-2-4-9-20)37-26(38)21-13-15-24(16-14-21)39-29(32,33)34/h2-18,26,37-38H,1,19H2. The zero-order chi connectivity index (χ0) is 28.1. The molecular formula is C29H24F5IN2O2. The van der Waals surface area contributed by atoms with Crippen LogP contribution in [0.2, 0.25) is 0 Å². The van der Waals surface area contributed by atoms with Gasteiger partial charge in [0.2, 0.25) is 0 Å². The summed E-state index contributed by atoms with van der Waals surface area (Å²) in [4.78, 5) is 4.53. The maximum absolute atomic E-state index is 14.8. The molecule has 4 rings (SSSR count). The van der Waals surface area contributed by atoms with Gasteiger partial charge in [-0.25, -0.2) is 0 Å². The van der Waals surface area contributed by atoms with Crippen molar-refractivity contribution in [3.05, 3.63) is 131 Å². The number of rotatable bonds is 10. The Kier molecular flexibility index (Phi) is 8.77. The van der Waals surface area contributed by atoms with E-state index in [-0.39, 0.29) is 17.5 Å². The Morgan fingerprint density at radius 3 is 2.13 bits per heavy atom. The second-order valence-electron chi connectivity index (χ2n) is 8.66. The van der Waals surface area contributed by atoms with Gasteiger partial charge in [-0.1, -0.05) is 71.2 Å². The Labute approximate surface area is 232 Å². The number of nitrogens with one attached hydrogen (secondary N) is 1. The molecule has 1 heterocycles. The third kappa shape index (κ3) is 7.06. The van der Waals surface area contributed by atoms with Crippen LogP contribution < -0.4 is 10.1 Å². The molecule has 0 aliphatic carbocycles. The second-order valence-corrected chi connectivity index (χ2v) is 10.8. The van der Waals surface area contributed by atoms with Crippen molar-refractivity contribution in [3.8, 4) is 5.75 Å². The molecule has 3 aromatic carbocycles. The summed E-state index contributed by atoms with van der Waals surface area (Å²) in [6, 6.07) is 25.2. The van der Waals surface area contributed by atoms with Crippen LogP contribution in [0.15, 0.2) is 103 Å². The molecule has 0 bridgehead atoms. The number of aliphatic hydroxyl groups is 1. The van der Waals surface area contributed by atoms with Crippen LogP contribution in [-0.4, -0.2) is 21.0 Å². The lowest BCUT2D eigenvalue weighted by Gasteiger charge is -2.38. The van der Waals surface area contributed by atoms with E-state index in [4.69, 9.17) is 0 Å². The van der Waals surface area contributed by atoms with E-state index in [2.05, 4.69) is 19.6 Å². The fourth-order valence-corrected chi connectivity index (χ4v) is 5.05. The molecule has 0 aliphatic rings. The molecule has 2 unspecified atom stereocenters. The normalized spacial score (nSPS) is 14.4. The lowest BCUT2D eigenvalue weighted by atomic mass is 9.79. The molecule has 0 saturated carbocycles. The van der Waals surface area contributed by atoms with Gasteiger partial charge in [0.15, 0.2) is 0 Å². The molecule has 2 N–H and O–H groups in total. The minimum atomic E-state index is -4.86. The van der Waals surface area contributed by atoms with Crippen LogP contribution in [0.25, 0.3) is 0 Å². The van der Waals surface area contributed by atoms with E-state index in [1.54, 1.807) is 30.5 Å². The quantitative estimate of drug-likeness (QED) is 0.0823. The number of pyridine rings is 1. The summed E-state index contributed by atoms with van der Waals surface area (Å²) in [5.41, 5.74) is 0.447. The first-order valence-electron chi connectivity index (χ1n) is 11.7. The maximum Gasteiger partial charge on any atom is 0.573 e. The molecule has 39 heavy (non-hydrogen) atoms. The molecule has 10 heteroatoms. The van der Waals surface area contributed by atoms with E-state index in [0.717, 1.165) is 17.7 Å². The van der Waals surface area contributed by atoms with E-state index in [1.165, 1.54) is 30.3 Å². The van der Waals surface area contributed by atoms with E-state index in [1.807, 2.05) is 30.3 Å². The number of aliphatic hydroxyl groups excluding tert-OH is 1. The van der Waals surface area contributed by atoms with Crippen LogP contribution in [0.3, 0.4) is 0 Å². The van der Waals surface area contributed by atoms with Gasteiger partial charge >= 0.3 is 10.3 Å². The van der Waals surface area contributed by atoms with Crippen LogP contribution in [-0.2, 0) is 15.9 Å². The number of ether oxygens (including phenoxy) is 1. The first-order chi connectivity index (χ1) is 18.5. The number of hydrogen-bond donors (Lipinski definition) is 2. The topological polar surface area (TPSA) is 54.4 Å². The number of hydrogen-bond acceptors (Lipinski definition) is 4. The summed E-state index contributed by atoms with van der Waals surface area (Å²) in [6.45, 7) is 0. The first-order valence-corrected chi connectivity index (χ1v) is 14.3. The van der Waals surface area contributed by atoms with Crippen molar-refractivity contribution in [1.82, 2.24) is 10.3 Å². The van der Waals surface area contributed by atoms with Crippen LogP contribution >= 0.6 is 20.7 Å². The third-order valence-corrected chi connectivity index (χ3v) is 7.66. The molecule has 0 saturated heterocycles. The Hall–Kier alpha value is -3.22. The number of benzene rings is 3. The van der Waals surface area contributed by atoms with Crippen molar-refractivity contribution in [2.24, 2.45) is 0 Å². The molecule has 4 aromatic rings. The zero-order valence-corrected chi connectivity index (χ0v) is 22.5. The largest absolute Gasteiger partial charge is 0.573 e. The van der Waals surface area contributed by atoms with E-state index < -0.39 is 48.5 Å². The van der Waals surface area contributed by atoms with Gasteiger partial charge in [0, 0.05) is 18.2 Å². The van der Waals surface area contributed by atoms with Gasteiger partial charge in [-0.2, -0.15) is 8.78 Å². The zero-order valence-electron chi connectivity index (χ0n) is 20.4. The Morgan fingerprint density at radius 1 is 0.846 bits per heavy atom. The Bertz CT molecular complexity index is 1390. The lowest BCUT2D eigenvalue weighted by Crippen LogP contribution is -2.48. The number of nitrogens with zero attached hydrogens (tertiary/aromatic N) is 1. The summed E-state index contributed by atoms with van der Waals surface area (Å²) in [5, 5.41) is 14.5. The lowest BCUT2D eigenvalue weighted by molar-refractivity contribution is -0.274. The summed E-state index contributed by atoms with van der Waals surface area (Å²) in [7, 11) is 0. The van der Waals surface area contributed by atoms with Crippen LogP contribution in [0, 0.1) is 0 Å². The van der Waals surface area contributed by atoms with E-state index >= 15 is 0 Å². The molecule has 4 nitrogen and oxygen atoms in total. The van der Waals surface area contributed by atoms with Gasteiger partial charge in [0.25, 0.3) is 0 Å². The number of alkyl halides is 6. The Balaban J connectivity index is 1.84. The average Bonchev–Trinajstić information content (AvgIpc) is 2.93. The number of aromatic nitrogens is 1. The average molecular weight is 654 g/mol. The van der Waals surface area contributed by atoms with Crippen molar-refractivity contribution in [3.63, 3.8) is 0 Å². The highest BCUT2D eigenvalue weighted by molar-refractivity contribution is 14.2. The highest BCUT2D eigenvalue weighted by Crippen LogP contribution is 2.42. The van der Waals surface area contributed by atoms with E-state index in [9.17, 15) is 27.1 Å². The highest BCUT2D eigenvalue weighted by Gasteiger charge is 2.40. The predicted molar refractivity (Wildman–Crippen MR) is 148 cm³/mol. The second kappa shape index (κ2) is 11.9. The van der Waals surface area contributed by atoms with Gasteiger partial charge in [-0.05, 0) is 67.8 Å². The maximum atomic E-state index is 14.8. The van der Waals surface area contributed by atoms with Crippen LogP contribution in [0.5, 0.6) is 5.75 Å². The van der Waals surface area contributed by atoms with Crippen molar-refractivity contribution in [2.45, 2.75) is 28.5 Å². The van der Waals surface area contributed by atoms with Gasteiger partial charge in [0.05, 0.1) is 11.2 Å². The Morgan fingerprint density at radius 2 is 1.51 bits per heavy atom. The molecule has 0 aliphatic heterocycles. The van der Waals surface area contributed by atoms with Crippen LogP contribution in [0.4, 0.5) is 22.0 Å². The summed E-state index contributed by atoms with van der Waals surface area (Å²) >= 11 is -1.70. The van der Waals surface area contributed by atoms with Gasteiger partial charge in [-0.3, -0.25) is 10.3 Å². The molecular weight excluding hydrogens is 630 g/mol. The summed E-state index contributed by atoms with van der Waals surface area (Å²) < 4.78 is 71.7. The molecule has 0 spiro atoms. The minimum Gasteiger partial charge on any atom is -0.406 e. The highest BCUT2D eigenvalue weighted by atomic mass is 127. The SMILES string of the molecule is C=IC(F)(F)c1cccc(C(Cc2ccccc2)(NC(O)c2ccc(OC(F)(F)F)cc2)c2ccccn2)c1. The molecule has 0 amide bonds. The first kappa shape index (κ1) is 28.8. The molecule has 1 aromatic heterocycles. The van der Waals surface area contributed by atoms with Crippen molar-refractivity contribution >= 4 is 25.2 Å². The molecule has 204 valence electrons. The number of halogens is 6. The van der Waals surface area contributed by atoms with Gasteiger partial charge in [0.1, 0.15) is 12.0 Å². The monoisotopic (exact) mass is 654 g/mol. The van der Waals surface area contributed by atoms with Crippen LogP contribution in [0.1, 0.15) is 34.2 Å². The minimum absolute atomic E-state index is 0.193. The van der Waals surface area contributed by atoms with Gasteiger partial charge in [-0.15, -0.1) is 13.2 Å².